The third-order valence-corrected chi connectivity index (χ3v) is 6.93. The number of hydrogen-bond donors (Lipinski definition) is 0. The summed E-state index contributed by atoms with van der Waals surface area (Å²) >= 11 is 13.3. The third kappa shape index (κ3) is 4.85. The SMILES string of the molecule is CC(C)CC1=CCC(C(=O)C2(C(C)Cl)C=CC(CC(C)C)=CC2)(C(C)Cl)C=C1. The molecule has 4 unspecified atom stereocenters. The van der Waals surface area contributed by atoms with Crippen LogP contribution in [-0.2, 0) is 4.79 Å². The molecule has 0 aromatic heterocycles. The van der Waals surface area contributed by atoms with Crippen molar-refractivity contribution < 1.29 is 4.79 Å². The molecule has 0 aliphatic heterocycles. The molecule has 4 atom stereocenters. The molecule has 156 valence electrons. The maximum atomic E-state index is 14.0. The predicted molar refractivity (Wildman–Crippen MR) is 123 cm³/mol. The van der Waals surface area contributed by atoms with Gasteiger partial charge < -0.3 is 0 Å². The van der Waals surface area contributed by atoms with Crippen molar-refractivity contribution in [2.24, 2.45) is 22.7 Å². The molecule has 0 radical (unpaired) electrons. The van der Waals surface area contributed by atoms with Crippen LogP contribution in [0.1, 0.15) is 67.2 Å². The summed E-state index contributed by atoms with van der Waals surface area (Å²) in [6.07, 6.45) is 16.1. The highest BCUT2D eigenvalue weighted by atomic mass is 35.5. The van der Waals surface area contributed by atoms with E-state index in [4.69, 9.17) is 23.2 Å². The summed E-state index contributed by atoms with van der Waals surface area (Å²) in [5.41, 5.74) is 1.17. The largest absolute Gasteiger partial charge is 0.298 e. The topological polar surface area (TPSA) is 17.1 Å². The van der Waals surface area contributed by atoms with Gasteiger partial charge in [-0.15, -0.1) is 23.2 Å². The fourth-order valence-corrected chi connectivity index (χ4v) is 4.87. The Morgan fingerprint density at radius 1 is 0.821 bits per heavy atom. The molecule has 0 amide bonds. The standard InChI is InChI=1S/C25H36Cl2O/c1-17(2)15-21-7-11-24(12-8-21,19(5)26)23(28)25(20(6)27)13-9-22(10-14-25)16-18(3)4/h7-11,13,17-20H,12,14-16H2,1-6H3. The molecule has 0 saturated carbocycles. The number of allylic oxidation sites excluding steroid dienone is 8. The van der Waals surface area contributed by atoms with Crippen molar-refractivity contribution in [3.05, 3.63) is 47.6 Å². The molecular formula is C25H36Cl2O. The van der Waals surface area contributed by atoms with E-state index in [9.17, 15) is 4.79 Å². The van der Waals surface area contributed by atoms with E-state index < -0.39 is 10.8 Å². The number of halogens is 2. The Labute approximate surface area is 181 Å². The molecule has 28 heavy (non-hydrogen) atoms. The predicted octanol–water partition coefficient (Wildman–Crippen LogP) is 7.65. The minimum absolute atomic E-state index is 0.150. The van der Waals surface area contributed by atoms with Crippen LogP contribution in [0.5, 0.6) is 0 Å². The fraction of sp³-hybridized carbons (Fsp3) is 0.640. The molecule has 3 heteroatoms. The van der Waals surface area contributed by atoms with Gasteiger partial charge in [-0.3, -0.25) is 4.79 Å². The monoisotopic (exact) mass is 422 g/mol. The Bertz CT molecular complexity index is 635. The Balaban J connectivity index is 2.34. The van der Waals surface area contributed by atoms with Gasteiger partial charge in [-0.2, -0.15) is 0 Å². The summed E-state index contributed by atoms with van der Waals surface area (Å²) in [5.74, 6) is 1.33. The van der Waals surface area contributed by atoms with E-state index in [1.54, 1.807) is 0 Å². The summed E-state index contributed by atoms with van der Waals surface area (Å²) in [4.78, 5) is 14.0. The first-order chi connectivity index (χ1) is 13.0. The summed E-state index contributed by atoms with van der Waals surface area (Å²) in [6.45, 7) is 12.7. The van der Waals surface area contributed by atoms with Gasteiger partial charge in [0.25, 0.3) is 0 Å². The number of alkyl halides is 2. The van der Waals surface area contributed by atoms with Gasteiger partial charge in [0.15, 0.2) is 5.78 Å². The molecule has 2 aliphatic rings. The van der Waals surface area contributed by atoms with Crippen molar-refractivity contribution in [2.45, 2.75) is 78.0 Å². The van der Waals surface area contributed by atoms with Crippen molar-refractivity contribution in [3.63, 3.8) is 0 Å². The van der Waals surface area contributed by atoms with Crippen molar-refractivity contribution in [2.75, 3.05) is 0 Å². The molecule has 0 heterocycles. The number of Topliss-reactive ketones (excluding diaryl/α,β-unsaturated/α-hetero) is 1. The summed E-state index contributed by atoms with van der Waals surface area (Å²) in [7, 11) is 0. The first-order valence-electron chi connectivity index (χ1n) is 10.6. The quantitative estimate of drug-likeness (QED) is 0.367. The molecule has 0 aromatic rings. The number of ketones is 1. The van der Waals surface area contributed by atoms with E-state index in [1.807, 2.05) is 13.8 Å². The van der Waals surface area contributed by atoms with E-state index in [2.05, 4.69) is 64.2 Å². The van der Waals surface area contributed by atoms with Crippen LogP contribution in [0.25, 0.3) is 0 Å². The molecular weight excluding hydrogens is 387 g/mol. The second-order valence-electron chi connectivity index (χ2n) is 9.47. The maximum absolute atomic E-state index is 14.0. The highest BCUT2D eigenvalue weighted by Crippen LogP contribution is 2.49. The smallest absolute Gasteiger partial charge is 0.156 e. The Morgan fingerprint density at radius 2 is 1.18 bits per heavy atom. The van der Waals surface area contributed by atoms with Crippen molar-refractivity contribution in [1.82, 2.24) is 0 Å². The highest BCUT2D eigenvalue weighted by Gasteiger charge is 2.52. The lowest BCUT2D eigenvalue weighted by Gasteiger charge is -2.43. The lowest BCUT2D eigenvalue weighted by molar-refractivity contribution is -0.134. The molecule has 1 nitrogen and oxygen atoms in total. The Hall–Kier alpha value is -0.790. The van der Waals surface area contributed by atoms with E-state index in [1.165, 1.54) is 11.1 Å². The minimum atomic E-state index is -0.709. The lowest BCUT2D eigenvalue weighted by atomic mass is 9.61. The normalized spacial score (nSPS) is 29.6. The lowest BCUT2D eigenvalue weighted by Crippen LogP contribution is -2.50. The van der Waals surface area contributed by atoms with E-state index in [0.29, 0.717) is 24.7 Å². The van der Waals surface area contributed by atoms with Gasteiger partial charge in [0.2, 0.25) is 0 Å². The second kappa shape index (κ2) is 9.35. The van der Waals surface area contributed by atoms with Gasteiger partial charge in [-0.25, -0.2) is 0 Å². The fourth-order valence-electron chi connectivity index (χ4n) is 4.35. The molecule has 2 aliphatic carbocycles. The van der Waals surface area contributed by atoms with Crippen LogP contribution < -0.4 is 0 Å². The number of carbonyl (C=O) groups is 1. The van der Waals surface area contributed by atoms with Crippen LogP contribution in [0.2, 0.25) is 0 Å². The van der Waals surface area contributed by atoms with Crippen LogP contribution in [0, 0.1) is 22.7 Å². The first kappa shape index (κ1) is 23.5. The Kier molecular flexibility index (Phi) is 7.84. The zero-order valence-corrected chi connectivity index (χ0v) is 19.8. The van der Waals surface area contributed by atoms with E-state index in [0.717, 1.165) is 12.8 Å². The number of carbonyl (C=O) groups excluding carboxylic acids is 1. The highest BCUT2D eigenvalue weighted by molar-refractivity contribution is 6.25. The van der Waals surface area contributed by atoms with Crippen molar-refractivity contribution >= 4 is 29.0 Å². The summed E-state index contributed by atoms with van der Waals surface area (Å²) in [5, 5.41) is -0.593. The van der Waals surface area contributed by atoms with Gasteiger partial charge in [0, 0.05) is 10.8 Å². The van der Waals surface area contributed by atoms with Gasteiger partial charge in [-0.05, 0) is 51.4 Å². The molecule has 0 spiro atoms. The summed E-state index contributed by atoms with van der Waals surface area (Å²) in [6, 6.07) is 0. The van der Waals surface area contributed by atoms with Crippen LogP contribution in [0.3, 0.4) is 0 Å². The average molecular weight is 423 g/mol. The molecule has 2 rings (SSSR count). The van der Waals surface area contributed by atoms with Crippen molar-refractivity contribution in [3.8, 4) is 0 Å². The van der Waals surface area contributed by atoms with Crippen LogP contribution in [-0.4, -0.2) is 16.5 Å². The second-order valence-corrected chi connectivity index (χ2v) is 10.8. The molecule has 0 saturated heterocycles. The van der Waals surface area contributed by atoms with Crippen LogP contribution in [0.4, 0.5) is 0 Å². The third-order valence-electron chi connectivity index (χ3n) is 6.15. The molecule has 0 N–H and O–H groups in total. The van der Waals surface area contributed by atoms with Crippen LogP contribution >= 0.6 is 23.2 Å². The molecule has 0 bridgehead atoms. The van der Waals surface area contributed by atoms with E-state index in [-0.39, 0.29) is 16.5 Å². The van der Waals surface area contributed by atoms with E-state index >= 15 is 0 Å². The van der Waals surface area contributed by atoms with Crippen molar-refractivity contribution in [1.29, 1.82) is 0 Å². The number of hydrogen-bond acceptors (Lipinski definition) is 1. The van der Waals surface area contributed by atoms with Gasteiger partial charge >= 0.3 is 0 Å². The first-order valence-corrected chi connectivity index (χ1v) is 11.5. The average Bonchev–Trinajstić information content (AvgIpc) is 2.61. The van der Waals surface area contributed by atoms with Gasteiger partial charge in [0.05, 0.1) is 10.8 Å². The molecule has 0 fully saturated rings. The maximum Gasteiger partial charge on any atom is 0.156 e. The van der Waals surface area contributed by atoms with Gasteiger partial charge in [0.1, 0.15) is 0 Å². The summed E-state index contributed by atoms with van der Waals surface area (Å²) < 4.78 is 0. The Morgan fingerprint density at radius 3 is 1.39 bits per heavy atom. The zero-order valence-electron chi connectivity index (χ0n) is 18.3. The zero-order chi connectivity index (χ0) is 21.1. The van der Waals surface area contributed by atoms with Crippen LogP contribution in [0.15, 0.2) is 47.6 Å². The number of rotatable bonds is 8. The molecule has 0 aromatic carbocycles. The van der Waals surface area contributed by atoms with Gasteiger partial charge in [-0.1, -0.05) is 75.3 Å². The minimum Gasteiger partial charge on any atom is -0.298 e.